The molecule has 0 aliphatic rings. The highest BCUT2D eigenvalue weighted by Gasteiger charge is 2.18. The predicted molar refractivity (Wildman–Crippen MR) is 114 cm³/mol. The molecule has 0 saturated carbocycles. The molecule has 0 aliphatic carbocycles. The first-order valence-electron chi connectivity index (χ1n) is 9.33. The van der Waals surface area contributed by atoms with Crippen molar-refractivity contribution < 1.29 is 27.2 Å². The fourth-order valence-electron chi connectivity index (χ4n) is 3.18. The van der Waals surface area contributed by atoms with Gasteiger partial charge in [0.1, 0.15) is 11.5 Å². The van der Waals surface area contributed by atoms with E-state index in [2.05, 4.69) is 0 Å². The largest absolute Gasteiger partial charge is 0.462 e. The zero-order valence-corrected chi connectivity index (χ0v) is 18.1. The molecule has 0 bridgehead atoms. The first-order chi connectivity index (χ1) is 14.6. The number of rotatable bonds is 7. The van der Waals surface area contributed by atoms with Crippen LogP contribution < -0.4 is 5.14 Å². The minimum absolute atomic E-state index is 0.000289. The molecule has 8 nitrogen and oxygen atoms in total. The van der Waals surface area contributed by atoms with Gasteiger partial charge < -0.3 is 13.7 Å². The van der Waals surface area contributed by atoms with Crippen LogP contribution in [0, 0.1) is 20.8 Å². The van der Waals surface area contributed by atoms with Crippen LogP contribution in [0.5, 0.6) is 0 Å². The van der Waals surface area contributed by atoms with E-state index in [1.165, 1.54) is 24.3 Å². The fourth-order valence-corrected chi connectivity index (χ4v) is 3.70. The van der Waals surface area contributed by atoms with Crippen molar-refractivity contribution in [2.45, 2.75) is 25.7 Å². The first kappa shape index (κ1) is 22.3. The molecule has 2 heterocycles. The monoisotopic (exact) mass is 442 g/mol. The minimum atomic E-state index is -3.79. The topological polar surface area (TPSA) is 122 Å². The number of sulfonamides is 1. The van der Waals surface area contributed by atoms with Crippen molar-refractivity contribution in [2.75, 3.05) is 6.61 Å². The van der Waals surface area contributed by atoms with Crippen LogP contribution in [0.4, 0.5) is 0 Å². The van der Waals surface area contributed by atoms with Gasteiger partial charge in [-0.2, -0.15) is 0 Å². The average molecular weight is 442 g/mol. The van der Waals surface area contributed by atoms with E-state index in [4.69, 9.17) is 14.3 Å². The summed E-state index contributed by atoms with van der Waals surface area (Å²) < 4.78 is 35.0. The van der Waals surface area contributed by atoms with Crippen LogP contribution in [-0.4, -0.2) is 31.3 Å². The molecule has 0 radical (unpaired) electrons. The molecular formula is C22H22N2O6S. The number of benzene rings is 1. The van der Waals surface area contributed by atoms with Crippen molar-refractivity contribution in [3.8, 4) is 5.69 Å². The van der Waals surface area contributed by atoms with Gasteiger partial charge in [0, 0.05) is 28.7 Å². The van der Waals surface area contributed by atoms with E-state index in [1.54, 1.807) is 48.7 Å². The van der Waals surface area contributed by atoms with Crippen LogP contribution in [0.1, 0.15) is 33.3 Å². The van der Waals surface area contributed by atoms with Crippen molar-refractivity contribution in [1.82, 2.24) is 4.57 Å². The summed E-state index contributed by atoms with van der Waals surface area (Å²) in [5, 5.41) is 5.13. The van der Waals surface area contributed by atoms with Crippen LogP contribution in [0.15, 0.2) is 57.9 Å². The highest BCUT2D eigenvalue weighted by atomic mass is 32.2. The van der Waals surface area contributed by atoms with E-state index in [0.717, 1.165) is 11.5 Å². The van der Waals surface area contributed by atoms with Gasteiger partial charge in [0.05, 0.1) is 4.90 Å². The third-order valence-corrected chi connectivity index (χ3v) is 5.57. The van der Waals surface area contributed by atoms with Crippen molar-refractivity contribution in [3.05, 3.63) is 77.0 Å². The minimum Gasteiger partial charge on any atom is -0.462 e. The zero-order chi connectivity index (χ0) is 22.8. The van der Waals surface area contributed by atoms with E-state index >= 15 is 0 Å². The number of hydrogen-bond acceptors (Lipinski definition) is 6. The summed E-state index contributed by atoms with van der Waals surface area (Å²) in [7, 11) is -3.79. The van der Waals surface area contributed by atoms with Gasteiger partial charge in [-0.15, -0.1) is 0 Å². The Labute approximate surface area is 180 Å². The molecule has 0 unspecified atom stereocenters. The number of carbonyl (C=O) groups excluding carboxylic acids is 2. The second-order valence-corrected chi connectivity index (χ2v) is 8.53. The van der Waals surface area contributed by atoms with E-state index in [0.29, 0.717) is 22.7 Å². The van der Waals surface area contributed by atoms with Crippen LogP contribution in [-0.2, 0) is 19.6 Å². The third-order valence-electron chi connectivity index (χ3n) is 4.65. The standard InChI is InChI=1S/C22H22N2O6S/c1-14-12-20(16(3)24(14)17-5-9-19(10-6-17)31(23,27)28)21(25)13-29-22(26)11-8-18-7-4-15(2)30-18/h4-12H,13H2,1-3H3,(H2,23,27,28)/b11-8+. The lowest BCUT2D eigenvalue weighted by atomic mass is 10.1. The Morgan fingerprint density at radius 3 is 2.35 bits per heavy atom. The molecule has 2 aromatic heterocycles. The number of nitrogens with two attached hydrogens (primary N) is 1. The van der Waals surface area contributed by atoms with Crippen molar-refractivity contribution >= 4 is 27.9 Å². The molecule has 0 amide bonds. The number of aryl methyl sites for hydroxylation is 2. The first-order valence-corrected chi connectivity index (χ1v) is 10.9. The Kier molecular flexibility index (Phi) is 6.28. The number of furan rings is 1. The molecule has 3 rings (SSSR count). The molecule has 162 valence electrons. The number of primary sulfonamides is 1. The van der Waals surface area contributed by atoms with Crippen molar-refractivity contribution in [2.24, 2.45) is 5.14 Å². The average Bonchev–Trinajstić information content (AvgIpc) is 3.26. The number of aromatic nitrogens is 1. The number of esters is 1. The van der Waals surface area contributed by atoms with Crippen LogP contribution in [0.2, 0.25) is 0 Å². The van der Waals surface area contributed by atoms with E-state index < -0.39 is 22.6 Å². The van der Waals surface area contributed by atoms with Gasteiger partial charge in [-0.05, 0) is 69.3 Å². The summed E-state index contributed by atoms with van der Waals surface area (Å²) in [5.74, 6) is 0.224. The van der Waals surface area contributed by atoms with Gasteiger partial charge in [-0.25, -0.2) is 18.4 Å². The second-order valence-electron chi connectivity index (χ2n) is 6.97. The lowest BCUT2D eigenvalue weighted by Gasteiger charge is -2.10. The van der Waals surface area contributed by atoms with Gasteiger partial charge in [-0.1, -0.05) is 0 Å². The van der Waals surface area contributed by atoms with Crippen LogP contribution >= 0.6 is 0 Å². The number of carbonyl (C=O) groups is 2. The quantitative estimate of drug-likeness (QED) is 0.341. The number of hydrogen-bond donors (Lipinski definition) is 1. The second kappa shape index (κ2) is 8.75. The van der Waals surface area contributed by atoms with Crippen molar-refractivity contribution in [1.29, 1.82) is 0 Å². The molecule has 0 saturated heterocycles. The van der Waals surface area contributed by atoms with Gasteiger partial charge in [-0.3, -0.25) is 4.79 Å². The van der Waals surface area contributed by atoms with Gasteiger partial charge >= 0.3 is 5.97 Å². The van der Waals surface area contributed by atoms with Gasteiger partial charge in [0.15, 0.2) is 6.61 Å². The maximum absolute atomic E-state index is 12.6. The number of ketones is 1. The molecule has 1 aromatic carbocycles. The molecule has 0 atom stereocenters. The lowest BCUT2D eigenvalue weighted by Crippen LogP contribution is -2.13. The van der Waals surface area contributed by atoms with Crippen LogP contribution in [0.3, 0.4) is 0 Å². The number of ether oxygens (including phenoxy) is 1. The van der Waals surface area contributed by atoms with Gasteiger partial charge in [0.25, 0.3) is 0 Å². The molecule has 31 heavy (non-hydrogen) atoms. The predicted octanol–water partition coefficient (Wildman–Crippen LogP) is 3.08. The smallest absolute Gasteiger partial charge is 0.331 e. The Balaban J connectivity index is 1.71. The summed E-state index contributed by atoms with van der Waals surface area (Å²) >= 11 is 0. The molecule has 0 spiro atoms. The fraction of sp³-hybridized carbons (Fsp3) is 0.182. The Bertz CT molecular complexity index is 1260. The molecule has 0 fully saturated rings. The molecule has 3 aromatic rings. The SMILES string of the molecule is Cc1ccc(/C=C/C(=O)OCC(=O)c2cc(C)n(-c3ccc(S(N)(=O)=O)cc3)c2C)o1. The third kappa shape index (κ3) is 5.19. The van der Waals surface area contributed by atoms with Gasteiger partial charge in [0.2, 0.25) is 15.8 Å². The summed E-state index contributed by atoms with van der Waals surface area (Å²) in [4.78, 5) is 24.5. The lowest BCUT2D eigenvalue weighted by molar-refractivity contribution is -0.136. The van der Waals surface area contributed by atoms with E-state index in [1.807, 2.05) is 6.92 Å². The molecule has 0 aliphatic heterocycles. The maximum Gasteiger partial charge on any atom is 0.331 e. The van der Waals surface area contributed by atoms with Crippen LogP contribution in [0.25, 0.3) is 11.8 Å². The Hall–Kier alpha value is -3.43. The normalized spacial score (nSPS) is 11.7. The maximum atomic E-state index is 12.6. The Morgan fingerprint density at radius 1 is 1.10 bits per heavy atom. The summed E-state index contributed by atoms with van der Waals surface area (Å²) in [6, 6.07) is 11.2. The summed E-state index contributed by atoms with van der Waals surface area (Å²) in [5.41, 5.74) is 2.49. The highest BCUT2D eigenvalue weighted by molar-refractivity contribution is 7.89. The van der Waals surface area contributed by atoms with E-state index in [9.17, 15) is 18.0 Å². The van der Waals surface area contributed by atoms with E-state index in [-0.39, 0.29) is 10.7 Å². The number of Topliss-reactive ketones (excluding diaryl/α,β-unsaturated/α-hetero) is 1. The Morgan fingerprint density at radius 2 is 1.77 bits per heavy atom. The molecule has 9 heteroatoms. The molecular weight excluding hydrogens is 420 g/mol. The summed E-state index contributed by atoms with van der Waals surface area (Å²) in [6.45, 7) is 4.96. The highest BCUT2D eigenvalue weighted by Crippen LogP contribution is 2.22. The molecule has 2 N–H and O–H groups in total. The zero-order valence-electron chi connectivity index (χ0n) is 17.3. The van der Waals surface area contributed by atoms with Crippen molar-refractivity contribution in [3.63, 3.8) is 0 Å². The summed E-state index contributed by atoms with van der Waals surface area (Å²) in [6.07, 6.45) is 2.67. The number of nitrogens with zero attached hydrogens (tertiary/aromatic N) is 1.